The number of carbonyl (C=O) groups is 2. The fourth-order valence-electron chi connectivity index (χ4n) is 2.30. The van der Waals surface area contributed by atoms with Crippen LogP contribution in [0.2, 0.25) is 0 Å². The Morgan fingerprint density at radius 1 is 1.42 bits per heavy atom. The number of hydrogen-bond donors (Lipinski definition) is 0. The van der Waals surface area contributed by atoms with Crippen LogP contribution >= 0.6 is 24.0 Å². The first-order valence-corrected chi connectivity index (χ1v) is 8.35. The normalized spacial score (nSPS) is 17.3. The molecule has 1 heterocycles. The lowest BCUT2D eigenvalue weighted by Crippen LogP contribution is -2.49. The van der Waals surface area contributed by atoms with E-state index >= 15 is 0 Å². The summed E-state index contributed by atoms with van der Waals surface area (Å²) >= 11 is 6.21. The molecule has 1 aliphatic heterocycles. The van der Waals surface area contributed by atoms with Gasteiger partial charge in [0.25, 0.3) is 5.91 Å². The largest absolute Gasteiger partial charge is 0.548 e. The Hall–Kier alpha value is -2.06. The average molecular weight is 366 g/mol. The van der Waals surface area contributed by atoms with E-state index in [0.717, 1.165) is 16.7 Å². The maximum Gasteiger partial charge on any atom is 0.266 e. The molecule has 128 valence electrons. The van der Waals surface area contributed by atoms with Gasteiger partial charge in [-0.3, -0.25) is 9.69 Å². The number of methoxy groups -OCH3 is 2. The second-order valence-electron chi connectivity index (χ2n) is 4.90. The molecule has 0 unspecified atom stereocenters. The maximum atomic E-state index is 12.6. The van der Waals surface area contributed by atoms with Gasteiger partial charge in [-0.25, -0.2) is 0 Å². The van der Waals surface area contributed by atoms with Gasteiger partial charge in [-0.2, -0.15) is 0 Å². The van der Waals surface area contributed by atoms with Gasteiger partial charge in [-0.1, -0.05) is 30.9 Å². The van der Waals surface area contributed by atoms with Gasteiger partial charge in [0.2, 0.25) is 0 Å². The van der Waals surface area contributed by atoms with E-state index in [1.165, 1.54) is 14.2 Å². The van der Waals surface area contributed by atoms with Crippen LogP contribution in [-0.2, 0) is 9.59 Å². The molecule has 6 nitrogen and oxygen atoms in total. The molecule has 1 atom stereocenters. The summed E-state index contributed by atoms with van der Waals surface area (Å²) in [6.07, 6.45) is 1.83. The fraction of sp³-hybridized carbons (Fsp3) is 0.312. The molecular formula is C16H16NO5S2-. The molecule has 1 aliphatic rings. The van der Waals surface area contributed by atoms with Crippen molar-refractivity contribution in [3.05, 3.63) is 28.7 Å². The second kappa shape index (κ2) is 7.67. The van der Waals surface area contributed by atoms with Gasteiger partial charge >= 0.3 is 0 Å². The minimum Gasteiger partial charge on any atom is -0.548 e. The first kappa shape index (κ1) is 18.3. The first-order chi connectivity index (χ1) is 11.4. The molecule has 0 spiro atoms. The van der Waals surface area contributed by atoms with E-state index < -0.39 is 17.9 Å². The Morgan fingerprint density at radius 3 is 2.67 bits per heavy atom. The summed E-state index contributed by atoms with van der Waals surface area (Å²) in [5.41, 5.74) is 0.638. The third-order valence-corrected chi connectivity index (χ3v) is 4.85. The van der Waals surface area contributed by atoms with E-state index in [-0.39, 0.29) is 10.7 Å². The highest BCUT2D eigenvalue weighted by Gasteiger charge is 2.37. The molecule has 1 aromatic rings. The number of thiocarbonyl (C=S) groups is 1. The summed E-state index contributed by atoms with van der Waals surface area (Å²) in [5, 5.41) is 11.2. The van der Waals surface area contributed by atoms with Crippen LogP contribution in [-0.4, -0.2) is 41.4 Å². The Balaban J connectivity index is 2.40. The van der Waals surface area contributed by atoms with Crippen LogP contribution < -0.4 is 14.6 Å². The van der Waals surface area contributed by atoms with Crippen molar-refractivity contribution in [2.45, 2.75) is 19.4 Å². The van der Waals surface area contributed by atoms with E-state index in [1.54, 1.807) is 31.2 Å². The van der Waals surface area contributed by atoms with Crippen LogP contribution in [0, 0.1) is 0 Å². The Morgan fingerprint density at radius 2 is 2.12 bits per heavy atom. The molecule has 0 N–H and O–H groups in total. The smallest absolute Gasteiger partial charge is 0.266 e. The van der Waals surface area contributed by atoms with Crippen molar-refractivity contribution < 1.29 is 24.2 Å². The molecule has 0 aliphatic carbocycles. The molecule has 0 saturated carbocycles. The highest BCUT2D eigenvalue weighted by molar-refractivity contribution is 8.26. The van der Waals surface area contributed by atoms with Crippen molar-refractivity contribution in [1.82, 2.24) is 4.90 Å². The van der Waals surface area contributed by atoms with Crippen molar-refractivity contribution in [3.63, 3.8) is 0 Å². The summed E-state index contributed by atoms with van der Waals surface area (Å²) in [7, 11) is 3.06. The van der Waals surface area contributed by atoms with Crippen LogP contribution in [0.4, 0.5) is 0 Å². The molecule has 8 heteroatoms. The first-order valence-electron chi connectivity index (χ1n) is 7.12. The fourth-order valence-corrected chi connectivity index (χ4v) is 3.64. The van der Waals surface area contributed by atoms with Crippen LogP contribution in [0.1, 0.15) is 18.9 Å². The van der Waals surface area contributed by atoms with Gasteiger partial charge in [0, 0.05) is 5.56 Å². The van der Waals surface area contributed by atoms with Crippen molar-refractivity contribution in [2.24, 2.45) is 0 Å². The van der Waals surface area contributed by atoms with Gasteiger partial charge in [0.15, 0.2) is 0 Å². The predicted octanol–water partition coefficient (Wildman–Crippen LogP) is 1.43. The molecular weight excluding hydrogens is 350 g/mol. The number of ether oxygens (including phenoxy) is 2. The van der Waals surface area contributed by atoms with E-state index in [1.807, 2.05) is 0 Å². The lowest BCUT2D eigenvalue weighted by Gasteiger charge is -2.26. The molecule has 24 heavy (non-hydrogen) atoms. The zero-order valence-corrected chi connectivity index (χ0v) is 15.0. The lowest BCUT2D eigenvalue weighted by atomic mass is 10.1. The minimum absolute atomic E-state index is 0.198. The molecule has 1 fully saturated rings. The Bertz CT molecular complexity index is 716. The van der Waals surface area contributed by atoms with Crippen LogP contribution in [0.25, 0.3) is 6.08 Å². The number of benzene rings is 1. The van der Waals surface area contributed by atoms with E-state index in [2.05, 4.69) is 0 Å². The Labute approximate surface area is 149 Å². The highest BCUT2D eigenvalue weighted by atomic mass is 32.2. The number of nitrogens with zero attached hydrogens (tertiary/aromatic N) is 1. The van der Waals surface area contributed by atoms with E-state index in [9.17, 15) is 14.7 Å². The molecule has 1 saturated heterocycles. The predicted molar refractivity (Wildman–Crippen MR) is 93.6 cm³/mol. The number of hydrogen-bond acceptors (Lipinski definition) is 7. The van der Waals surface area contributed by atoms with Gasteiger partial charge in [-0.05, 0) is 30.7 Å². The molecule has 1 amide bonds. The number of carbonyl (C=O) groups excluding carboxylic acids is 2. The second-order valence-corrected chi connectivity index (χ2v) is 6.58. The van der Waals surface area contributed by atoms with Crippen LogP contribution in [0.5, 0.6) is 11.5 Å². The van der Waals surface area contributed by atoms with Gasteiger partial charge in [-0.15, -0.1) is 0 Å². The third kappa shape index (κ3) is 3.54. The summed E-state index contributed by atoms with van der Waals surface area (Å²) in [4.78, 5) is 25.2. The quantitative estimate of drug-likeness (QED) is 0.557. The van der Waals surface area contributed by atoms with E-state index in [4.69, 9.17) is 21.7 Å². The number of amides is 1. The zero-order valence-electron chi connectivity index (χ0n) is 13.4. The SMILES string of the molecule is CC[C@H](C(=O)[O-])N1C(=O)C(=Cc2cc(OC)ccc2OC)SC1=S. The monoisotopic (exact) mass is 366 g/mol. The maximum absolute atomic E-state index is 12.6. The highest BCUT2D eigenvalue weighted by Crippen LogP contribution is 2.36. The number of rotatable bonds is 6. The van der Waals surface area contributed by atoms with Gasteiger partial charge in [0.05, 0.1) is 31.1 Å². The molecule has 0 bridgehead atoms. The summed E-state index contributed by atoms with van der Waals surface area (Å²) in [5.74, 6) is -0.605. The minimum atomic E-state index is -1.32. The summed E-state index contributed by atoms with van der Waals surface area (Å²) in [6.45, 7) is 1.66. The average Bonchev–Trinajstić information content (AvgIpc) is 2.83. The number of carboxylic acid groups (broad SMARTS) is 1. The van der Waals surface area contributed by atoms with Crippen LogP contribution in [0.3, 0.4) is 0 Å². The van der Waals surface area contributed by atoms with E-state index in [0.29, 0.717) is 22.0 Å². The van der Waals surface area contributed by atoms with Gasteiger partial charge in [0.1, 0.15) is 15.8 Å². The molecule has 0 aromatic heterocycles. The van der Waals surface area contributed by atoms with Crippen molar-refractivity contribution in [2.75, 3.05) is 14.2 Å². The standard InChI is InChI=1S/C16H17NO5S2/c1-4-11(15(19)20)17-14(18)13(24-16(17)23)8-9-7-10(21-2)5-6-12(9)22-3/h5-8,11H,4H2,1-3H3,(H,19,20)/p-1/t11-/m1/s1. The zero-order chi connectivity index (χ0) is 17.9. The number of thioether (sulfide) groups is 1. The topological polar surface area (TPSA) is 78.9 Å². The lowest BCUT2D eigenvalue weighted by molar-refractivity contribution is -0.310. The van der Waals surface area contributed by atoms with Crippen LogP contribution in [0.15, 0.2) is 23.1 Å². The molecule has 0 radical (unpaired) electrons. The summed E-state index contributed by atoms with van der Waals surface area (Å²) in [6, 6.07) is 4.11. The third-order valence-electron chi connectivity index (χ3n) is 3.52. The summed E-state index contributed by atoms with van der Waals surface area (Å²) < 4.78 is 10.7. The van der Waals surface area contributed by atoms with Crippen molar-refractivity contribution in [3.8, 4) is 11.5 Å². The van der Waals surface area contributed by atoms with Gasteiger partial charge < -0.3 is 19.4 Å². The van der Waals surface area contributed by atoms with Crippen molar-refractivity contribution >= 4 is 46.3 Å². The molecule has 1 aromatic carbocycles. The number of aliphatic carboxylic acids is 1. The Kier molecular flexibility index (Phi) is 5.84. The molecule has 2 rings (SSSR count). The number of carboxylic acids is 1. The van der Waals surface area contributed by atoms with Crippen molar-refractivity contribution in [1.29, 1.82) is 0 Å².